The molecule has 3 atom stereocenters. The number of nitrogens with zero attached hydrogens (tertiary/aromatic N) is 4. The van der Waals surface area contributed by atoms with Gasteiger partial charge in [-0.3, -0.25) is 4.90 Å². The zero-order valence-electron chi connectivity index (χ0n) is 13.6. The fourth-order valence-electron chi connectivity index (χ4n) is 5.17. The maximum atomic E-state index is 4.59. The predicted octanol–water partition coefficient (Wildman–Crippen LogP) is 2.94. The van der Waals surface area contributed by atoms with Gasteiger partial charge in [-0.2, -0.15) is 0 Å². The highest BCUT2D eigenvalue weighted by Crippen LogP contribution is 2.46. The van der Waals surface area contributed by atoms with Crippen molar-refractivity contribution in [3.8, 4) is 0 Å². The summed E-state index contributed by atoms with van der Waals surface area (Å²) in [5.74, 6) is 3.14. The zero-order chi connectivity index (χ0) is 15.2. The summed E-state index contributed by atoms with van der Waals surface area (Å²) in [6, 6.07) is 9.23. The number of piperazine rings is 1. The molecule has 5 rings (SSSR count). The van der Waals surface area contributed by atoms with E-state index in [9.17, 15) is 0 Å². The lowest BCUT2D eigenvalue weighted by molar-refractivity contribution is 0.135. The Hall–Kier alpha value is -1.68. The lowest BCUT2D eigenvalue weighted by Crippen LogP contribution is -2.52. The molecule has 120 valence electrons. The number of hydrogen-bond acceptors (Lipinski definition) is 4. The van der Waals surface area contributed by atoms with Crippen molar-refractivity contribution in [2.24, 2.45) is 11.8 Å². The minimum atomic E-state index is 0.873. The van der Waals surface area contributed by atoms with Crippen LogP contribution in [-0.4, -0.2) is 47.1 Å². The molecule has 2 heterocycles. The standard InChI is InChI=1S/C19H24N4/c1-2-4-17-16(3-1)19(21-13-20-17)23-9-7-22(8-10-23)18-12-14-5-6-15(18)11-14/h1-4,13-15,18H,5-12H2. The van der Waals surface area contributed by atoms with Crippen LogP contribution in [0.5, 0.6) is 0 Å². The van der Waals surface area contributed by atoms with E-state index >= 15 is 0 Å². The molecule has 23 heavy (non-hydrogen) atoms. The molecule has 3 aliphatic rings. The van der Waals surface area contributed by atoms with Crippen LogP contribution >= 0.6 is 0 Å². The van der Waals surface area contributed by atoms with E-state index in [1.165, 1.54) is 44.2 Å². The Kier molecular flexibility index (Phi) is 3.25. The van der Waals surface area contributed by atoms with Gasteiger partial charge in [0, 0.05) is 37.6 Å². The van der Waals surface area contributed by atoms with E-state index in [1.807, 2.05) is 6.07 Å². The first-order valence-corrected chi connectivity index (χ1v) is 9.07. The van der Waals surface area contributed by atoms with Crippen molar-refractivity contribution in [3.05, 3.63) is 30.6 Å². The highest BCUT2D eigenvalue weighted by atomic mass is 15.3. The summed E-state index contributed by atoms with van der Waals surface area (Å²) in [6.45, 7) is 4.56. The highest BCUT2D eigenvalue weighted by Gasteiger charge is 2.42. The van der Waals surface area contributed by atoms with Crippen molar-refractivity contribution in [1.29, 1.82) is 0 Å². The van der Waals surface area contributed by atoms with Gasteiger partial charge in [0.2, 0.25) is 0 Å². The molecule has 0 radical (unpaired) electrons. The predicted molar refractivity (Wildman–Crippen MR) is 92.6 cm³/mol. The minimum absolute atomic E-state index is 0.873. The minimum Gasteiger partial charge on any atom is -0.353 e. The summed E-state index contributed by atoms with van der Waals surface area (Å²) < 4.78 is 0. The Balaban J connectivity index is 1.33. The van der Waals surface area contributed by atoms with Crippen LogP contribution in [0.15, 0.2) is 30.6 Å². The molecule has 1 saturated heterocycles. The molecule has 2 saturated carbocycles. The Labute approximate surface area is 137 Å². The van der Waals surface area contributed by atoms with Crippen LogP contribution in [-0.2, 0) is 0 Å². The van der Waals surface area contributed by atoms with Crippen LogP contribution in [0.1, 0.15) is 25.7 Å². The first kappa shape index (κ1) is 13.7. The molecule has 4 heteroatoms. The van der Waals surface area contributed by atoms with E-state index in [-0.39, 0.29) is 0 Å². The third-order valence-corrected chi connectivity index (χ3v) is 6.31. The highest BCUT2D eigenvalue weighted by molar-refractivity contribution is 5.89. The smallest absolute Gasteiger partial charge is 0.139 e. The lowest BCUT2D eigenvalue weighted by Gasteiger charge is -2.41. The number of para-hydroxylation sites is 1. The van der Waals surface area contributed by atoms with Crippen molar-refractivity contribution < 1.29 is 0 Å². The second-order valence-electron chi connectivity index (χ2n) is 7.48. The Bertz CT molecular complexity index is 702. The van der Waals surface area contributed by atoms with Gasteiger partial charge in [0.15, 0.2) is 0 Å². The first-order valence-electron chi connectivity index (χ1n) is 9.07. The summed E-state index contributed by atoms with van der Waals surface area (Å²) in [6.07, 6.45) is 7.64. The van der Waals surface area contributed by atoms with Crippen molar-refractivity contribution in [1.82, 2.24) is 14.9 Å². The SMILES string of the molecule is c1ccc2c(N3CCN(C4CC5CCC4C5)CC3)ncnc2c1. The summed E-state index contributed by atoms with van der Waals surface area (Å²) in [7, 11) is 0. The van der Waals surface area contributed by atoms with E-state index in [1.54, 1.807) is 6.33 Å². The summed E-state index contributed by atoms with van der Waals surface area (Å²) in [4.78, 5) is 14.2. The second-order valence-corrected chi connectivity index (χ2v) is 7.48. The topological polar surface area (TPSA) is 32.3 Å². The molecule has 4 nitrogen and oxygen atoms in total. The van der Waals surface area contributed by atoms with Gasteiger partial charge in [-0.25, -0.2) is 9.97 Å². The molecule has 0 N–H and O–H groups in total. The maximum Gasteiger partial charge on any atom is 0.139 e. The van der Waals surface area contributed by atoms with E-state index in [0.717, 1.165) is 42.3 Å². The molecule has 3 unspecified atom stereocenters. The van der Waals surface area contributed by atoms with Gasteiger partial charge in [0.25, 0.3) is 0 Å². The summed E-state index contributed by atoms with van der Waals surface area (Å²) in [5, 5.41) is 1.18. The van der Waals surface area contributed by atoms with Gasteiger partial charge in [0.1, 0.15) is 12.1 Å². The summed E-state index contributed by atoms with van der Waals surface area (Å²) in [5.41, 5.74) is 1.05. The largest absolute Gasteiger partial charge is 0.353 e. The van der Waals surface area contributed by atoms with Crippen molar-refractivity contribution in [2.75, 3.05) is 31.1 Å². The molecule has 0 spiro atoms. The fraction of sp³-hybridized carbons (Fsp3) is 0.579. The van der Waals surface area contributed by atoms with Crippen LogP contribution in [0.2, 0.25) is 0 Å². The Morgan fingerprint density at radius 2 is 1.78 bits per heavy atom. The first-order chi connectivity index (χ1) is 11.4. The van der Waals surface area contributed by atoms with Gasteiger partial charge in [0.05, 0.1) is 5.52 Å². The van der Waals surface area contributed by atoms with Crippen LogP contribution in [0, 0.1) is 11.8 Å². The van der Waals surface area contributed by atoms with E-state index in [2.05, 4.69) is 38.0 Å². The molecule has 2 aromatic rings. The molecule has 1 aromatic heterocycles. The third-order valence-electron chi connectivity index (χ3n) is 6.31. The maximum absolute atomic E-state index is 4.59. The van der Waals surface area contributed by atoms with E-state index < -0.39 is 0 Å². The number of benzene rings is 1. The number of hydrogen-bond donors (Lipinski definition) is 0. The number of fused-ring (bicyclic) bond motifs is 3. The van der Waals surface area contributed by atoms with Crippen molar-refractivity contribution in [2.45, 2.75) is 31.7 Å². The normalized spacial score (nSPS) is 31.1. The molecule has 0 amide bonds. The number of rotatable bonds is 2. The second kappa shape index (κ2) is 5.45. The van der Waals surface area contributed by atoms with E-state index in [4.69, 9.17) is 0 Å². The molecule has 1 aliphatic heterocycles. The molecule has 1 aromatic carbocycles. The van der Waals surface area contributed by atoms with Gasteiger partial charge < -0.3 is 4.90 Å². The molecular formula is C19H24N4. The van der Waals surface area contributed by atoms with Gasteiger partial charge in [-0.15, -0.1) is 0 Å². The monoisotopic (exact) mass is 308 g/mol. The van der Waals surface area contributed by atoms with Crippen LogP contribution in [0.3, 0.4) is 0 Å². The summed E-state index contributed by atoms with van der Waals surface area (Å²) >= 11 is 0. The van der Waals surface area contributed by atoms with Crippen LogP contribution in [0.25, 0.3) is 10.9 Å². The Morgan fingerprint density at radius 3 is 2.57 bits per heavy atom. The van der Waals surface area contributed by atoms with E-state index in [0.29, 0.717) is 0 Å². The van der Waals surface area contributed by atoms with Crippen molar-refractivity contribution >= 4 is 16.7 Å². The number of aromatic nitrogens is 2. The average molecular weight is 308 g/mol. The molecule has 3 fully saturated rings. The fourth-order valence-corrected chi connectivity index (χ4v) is 5.17. The molecular weight excluding hydrogens is 284 g/mol. The van der Waals surface area contributed by atoms with Gasteiger partial charge in [-0.05, 0) is 43.2 Å². The zero-order valence-corrected chi connectivity index (χ0v) is 13.6. The Morgan fingerprint density at radius 1 is 0.913 bits per heavy atom. The van der Waals surface area contributed by atoms with Gasteiger partial charge >= 0.3 is 0 Å². The quantitative estimate of drug-likeness (QED) is 0.854. The number of anilines is 1. The van der Waals surface area contributed by atoms with Crippen LogP contribution < -0.4 is 4.90 Å². The third kappa shape index (κ3) is 2.31. The van der Waals surface area contributed by atoms with Crippen molar-refractivity contribution in [3.63, 3.8) is 0 Å². The molecule has 2 bridgehead atoms. The van der Waals surface area contributed by atoms with Gasteiger partial charge in [-0.1, -0.05) is 18.6 Å². The average Bonchev–Trinajstić information content (AvgIpc) is 3.25. The molecule has 2 aliphatic carbocycles. The van der Waals surface area contributed by atoms with Crippen LogP contribution in [0.4, 0.5) is 5.82 Å². The lowest BCUT2D eigenvalue weighted by atomic mass is 9.93.